The molecule has 0 radical (unpaired) electrons. The van der Waals surface area contributed by atoms with Crippen LogP contribution in [0.3, 0.4) is 0 Å². The van der Waals surface area contributed by atoms with Crippen LogP contribution in [0.1, 0.15) is 13.3 Å². The van der Waals surface area contributed by atoms with Crippen LogP contribution < -0.4 is 4.72 Å². The van der Waals surface area contributed by atoms with E-state index in [1.54, 1.807) is 24.3 Å². The molecule has 27 heavy (non-hydrogen) atoms. The van der Waals surface area contributed by atoms with E-state index in [2.05, 4.69) is 30.9 Å². The first kappa shape index (κ1) is 19.5. The number of sulfonamides is 1. The van der Waals surface area contributed by atoms with E-state index in [1.807, 2.05) is 31.2 Å². The van der Waals surface area contributed by atoms with Crippen molar-refractivity contribution in [1.29, 1.82) is 0 Å². The first-order valence-electron chi connectivity index (χ1n) is 8.30. The van der Waals surface area contributed by atoms with Crippen molar-refractivity contribution < 1.29 is 13.5 Å². The van der Waals surface area contributed by atoms with Gasteiger partial charge in [0.15, 0.2) is 0 Å². The second-order valence-electron chi connectivity index (χ2n) is 5.82. The number of fused-ring (bicyclic) bond motifs is 1. The molecule has 140 valence electrons. The second-order valence-corrected chi connectivity index (χ2v) is 8.61. The quantitative estimate of drug-likeness (QED) is 0.302. The number of alkyl halides is 1. The number of phenols is 1. The maximum atomic E-state index is 12.6. The van der Waals surface area contributed by atoms with E-state index >= 15 is 0 Å². The highest BCUT2D eigenvalue weighted by atomic mass is 79.9. The zero-order chi connectivity index (χ0) is 19.4. The maximum Gasteiger partial charge on any atom is 0.243 e. The van der Waals surface area contributed by atoms with E-state index in [1.165, 1.54) is 12.1 Å². The third kappa shape index (κ3) is 4.35. The van der Waals surface area contributed by atoms with Crippen molar-refractivity contribution in [3.8, 4) is 5.75 Å². The molecule has 0 fully saturated rings. The first-order valence-corrected chi connectivity index (χ1v) is 10.7. The third-order valence-electron chi connectivity index (χ3n) is 3.93. The summed E-state index contributed by atoms with van der Waals surface area (Å²) in [4.78, 5) is -0.360. The fourth-order valence-electron chi connectivity index (χ4n) is 2.53. The molecule has 3 aromatic carbocycles. The van der Waals surface area contributed by atoms with E-state index in [4.69, 9.17) is 0 Å². The number of hydrogen-bond acceptors (Lipinski definition) is 5. The molecule has 1 unspecified atom stereocenters. The summed E-state index contributed by atoms with van der Waals surface area (Å²) in [5.41, 5.74) is 0.480. The van der Waals surface area contributed by atoms with Gasteiger partial charge in [-0.3, -0.25) is 0 Å². The zero-order valence-electron chi connectivity index (χ0n) is 14.5. The van der Waals surface area contributed by atoms with Crippen LogP contribution in [0.4, 0.5) is 11.4 Å². The number of nitrogens with one attached hydrogen (secondary N) is 1. The number of phenolic OH excluding ortho intramolecular Hbond substituents is 1. The molecule has 6 nitrogen and oxygen atoms in total. The molecule has 0 bridgehead atoms. The lowest BCUT2D eigenvalue weighted by atomic mass is 10.1. The molecule has 0 aliphatic carbocycles. The molecular weight excluding hydrogens is 430 g/mol. The summed E-state index contributed by atoms with van der Waals surface area (Å²) >= 11 is 3.27. The van der Waals surface area contributed by atoms with Crippen molar-refractivity contribution in [1.82, 2.24) is 4.72 Å². The summed E-state index contributed by atoms with van der Waals surface area (Å²) in [6, 6.07) is 17.1. The standard InChI is InChI=1S/C19H18BrN3O3S/c1-2-18(20)23-27(25,26)17-10-6-5-9-15(17)21-22-19-14-8-4-3-7-13(14)11-12-16(19)24/h3-12,18,23-24H,2H2,1H3. The van der Waals surface area contributed by atoms with Gasteiger partial charge < -0.3 is 5.11 Å². The molecule has 8 heteroatoms. The van der Waals surface area contributed by atoms with Crippen LogP contribution >= 0.6 is 15.9 Å². The van der Waals surface area contributed by atoms with Crippen LogP contribution in [-0.4, -0.2) is 18.5 Å². The van der Waals surface area contributed by atoms with Crippen LogP contribution in [0.2, 0.25) is 0 Å². The van der Waals surface area contributed by atoms with Crippen molar-refractivity contribution in [2.24, 2.45) is 10.2 Å². The van der Waals surface area contributed by atoms with Gasteiger partial charge in [-0.25, -0.2) is 8.42 Å². The van der Waals surface area contributed by atoms with Crippen LogP contribution in [0.5, 0.6) is 5.75 Å². The Balaban J connectivity index is 2.04. The highest BCUT2D eigenvalue weighted by Crippen LogP contribution is 2.36. The molecule has 0 aliphatic rings. The molecule has 1 atom stereocenters. The third-order valence-corrected chi connectivity index (χ3v) is 6.63. The fraction of sp³-hybridized carbons (Fsp3) is 0.158. The largest absolute Gasteiger partial charge is 0.506 e. The van der Waals surface area contributed by atoms with E-state index in [9.17, 15) is 13.5 Å². The van der Waals surface area contributed by atoms with Gasteiger partial charge in [0, 0.05) is 5.39 Å². The Morgan fingerprint density at radius 3 is 2.52 bits per heavy atom. The van der Waals surface area contributed by atoms with E-state index in [0.717, 1.165) is 10.8 Å². The Hall–Kier alpha value is -2.29. The van der Waals surface area contributed by atoms with Gasteiger partial charge in [0.05, 0.1) is 4.95 Å². The molecule has 2 N–H and O–H groups in total. The Morgan fingerprint density at radius 1 is 1.04 bits per heavy atom. The lowest BCUT2D eigenvalue weighted by molar-refractivity contribution is 0.477. The summed E-state index contributed by atoms with van der Waals surface area (Å²) in [6.07, 6.45) is 0.590. The van der Waals surface area contributed by atoms with E-state index < -0.39 is 10.0 Å². The number of halogens is 1. The topological polar surface area (TPSA) is 91.1 Å². The zero-order valence-corrected chi connectivity index (χ0v) is 16.9. The number of rotatable bonds is 6. The monoisotopic (exact) mass is 447 g/mol. The molecule has 0 saturated heterocycles. The fourth-order valence-corrected chi connectivity index (χ4v) is 4.55. The molecule has 3 rings (SSSR count). The van der Waals surface area contributed by atoms with Crippen LogP contribution in [-0.2, 0) is 10.0 Å². The summed E-state index contributed by atoms with van der Waals surface area (Å²) in [7, 11) is -3.77. The van der Waals surface area contributed by atoms with Crippen molar-refractivity contribution in [2.45, 2.75) is 23.2 Å². The van der Waals surface area contributed by atoms with Crippen molar-refractivity contribution in [3.63, 3.8) is 0 Å². The van der Waals surface area contributed by atoms with Crippen LogP contribution in [0.15, 0.2) is 75.8 Å². The van der Waals surface area contributed by atoms with Gasteiger partial charge in [0.25, 0.3) is 0 Å². The Kier molecular flexibility index (Phi) is 5.88. The lowest BCUT2D eigenvalue weighted by Gasteiger charge is -2.12. The molecule has 3 aromatic rings. The molecule has 0 aromatic heterocycles. The van der Waals surface area contributed by atoms with Gasteiger partial charge in [-0.15, -0.1) is 10.2 Å². The van der Waals surface area contributed by atoms with Gasteiger partial charge in [-0.2, -0.15) is 4.72 Å². The number of benzene rings is 3. The van der Waals surface area contributed by atoms with Crippen LogP contribution in [0.25, 0.3) is 10.8 Å². The average molecular weight is 448 g/mol. The van der Waals surface area contributed by atoms with Gasteiger partial charge >= 0.3 is 0 Å². The number of aromatic hydroxyl groups is 1. The average Bonchev–Trinajstić information content (AvgIpc) is 2.67. The van der Waals surface area contributed by atoms with E-state index in [0.29, 0.717) is 12.1 Å². The summed E-state index contributed by atoms with van der Waals surface area (Å²) in [5.74, 6) is -0.0255. The minimum atomic E-state index is -3.77. The number of hydrogen-bond donors (Lipinski definition) is 2. The molecule has 0 saturated carbocycles. The SMILES string of the molecule is CCC(Br)NS(=O)(=O)c1ccccc1N=Nc1c(O)ccc2ccccc12. The van der Waals surface area contributed by atoms with Gasteiger partial charge in [-0.05, 0) is 30.0 Å². The van der Waals surface area contributed by atoms with Crippen molar-refractivity contribution in [3.05, 3.63) is 60.7 Å². The van der Waals surface area contributed by atoms with Gasteiger partial charge in [-0.1, -0.05) is 65.3 Å². The molecule has 0 aliphatic heterocycles. The first-order chi connectivity index (χ1) is 12.9. The smallest absolute Gasteiger partial charge is 0.243 e. The number of azo groups is 1. The van der Waals surface area contributed by atoms with E-state index in [-0.39, 0.29) is 21.3 Å². The minimum absolute atomic E-state index is 0.0198. The normalized spacial score (nSPS) is 13.3. The van der Waals surface area contributed by atoms with Crippen molar-refractivity contribution >= 4 is 48.1 Å². The maximum absolute atomic E-state index is 12.6. The number of nitrogens with zero attached hydrogens (tertiary/aromatic N) is 2. The van der Waals surface area contributed by atoms with Gasteiger partial charge in [0.1, 0.15) is 22.0 Å². The molecule has 0 heterocycles. The van der Waals surface area contributed by atoms with Crippen LogP contribution in [0, 0.1) is 0 Å². The Morgan fingerprint density at radius 2 is 1.74 bits per heavy atom. The highest BCUT2D eigenvalue weighted by molar-refractivity contribution is 9.09. The predicted octanol–water partition coefficient (Wildman–Crippen LogP) is 5.37. The minimum Gasteiger partial charge on any atom is -0.506 e. The van der Waals surface area contributed by atoms with Gasteiger partial charge in [0.2, 0.25) is 10.0 Å². The summed E-state index contributed by atoms with van der Waals surface area (Å²) in [6.45, 7) is 1.86. The Labute approximate surface area is 166 Å². The highest BCUT2D eigenvalue weighted by Gasteiger charge is 2.21. The summed E-state index contributed by atoms with van der Waals surface area (Å²) < 4.78 is 27.8. The molecular formula is C19H18BrN3O3S. The Bertz CT molecular complexity index is 1100. The van der Waals surface area contributed by atoms with Crippen molar-refractivity contribution in [2.75, 3.05) is 0 Å². The molecule has 0 spiro atoms. The second kappa shape index (κ2) is 8.16. The summed E-state index contributed by atoms with van der Waals surface area (Å²) in [5, 5.41) is 20.1. The predicted molar refractivity (Wildman–Crippen MR) is 110 cm³/mol. The lowest BCUT2D eigenvalue weighted by Crippen LogP contribution is -2.30. The molecule has 0 amide bonds.